The highest BCUT2D eigenvalue weighted by Crippen LogP contribution is 2.45. The molecule has 0 aromatic heterocycles. The number of amides is 1. The summed E-state index contributed by atoms with van der Waals surface area (Å²) in [6, 6.07) is 14.2. The van der Waals surface area contributed by atoms with E-state index in [9.17, 15) is 4.79 Å². The van der Waals surface area contributed by atoms with Gasteiger partial charge in [-0.2, -0.15) is 0 Å². The highest BCUT2D eigenvalue weighted by atomic mass is 16.5. The van der Waals surface area contributed by atoms with Crippen molar-refractivity contribution in [2.45, 2.75) is 30.9 Å². The lowest BCUT2D eigenvalue weighted by molar-refractivity contribution is -0.128. The van der Waals surface area contributed by atoms with E-state index in [0.717, 1.165) is 13.0 Å². The molecule has 10 heteroatoms. The van der Waals surface area contributed by atoms with Crippen LogP contribution in [0, 0.1) is 0 Å². The van der Waals surface area contributed by atoms with Crippen LogP contribution in [0.4, 0.5) is 5.69 Å². The summed E-state index contributed by atoms with van der Waals surface area (Å²) in [7, 11) is 3.96. The van der Waals surface area contributed by atoms with E-state index in [2.05, 4.69) is 26.8 Å². The summed E-state index contributed by atoms with van der Waals surface area (Å²) in [6.45, 7) is 5.65. The molecule has 2 aromatic rings. The molecule has 0 radical (unpaired) electrons. The van der Waals surface area contributed by atoms with Gasteiger partial charge < -0.3 is 24.8 Å². The van der Waals surface area contributed by atoms with Crippen molar-refractivity contribution in [1.82, 2.24) is 10.2 Å². The van der Waals surface area contributed by atoms with Crippen molar-refractivity contribution in [3.05, 3.63) is 82.8 Å². The molecule has 1 aliphatic heterocycles. The third-order valence-electron chi connectivity index (χ3n) is 5.92. The minimum absolute atomic E-state index is 0.0596. The van der Waals surface area contributed by atoms with Crippen molar-refractivity contribution in [3.63, 3.8) is 0 Å². The Morgan fingerprint density at radius 3 is 2.73 bits per heavy atom. The normalized spacial score (nSPS) is 18.5. The quantitative estimate of drug-likeness (QED) is 0.130. The Labute approximate surface area is 217 Å². The van der Waals surface area contributed by atoms with Gasteiger partial charge in [0, 0.05) is 47.7 Å². The number of azide groups is 1. The highest BCUT2D eigenvalue weighted by Gasteiger charge is 2.52. The lowest BCUT2D eigenvalue weighted by Gasteiger charge is -2.30. The lowest BCUT2D eigenvalue weighted by Crippen LogP contribution is -2.48. The van der Waals surface area contributed by atoms with Crippen LogP contribution in [0.1, 0.15) is 36.5 Å². The summed E-state index contributed by atoms with van der Waals surface area (Å²) in [5, 5.41) is 15.8. The van der Waals surface area contributed by atoms with Crippen LogP contribution in [0.2, 0.25) is 0 Å². The molecule has 2 N–H and O–H groups in total. The molecule has 0 bridgehead atoms. The molecule has 1 heterocycles. The second-order valence-electron chi connectivity index (χ2n) is 8.94. The monoisotopic (exact) mass is 506 g/mol. The molecule has 196 valence electrons. The molecule has 0 spiro atoms. The zero-order valence-electron chi connectivity index (χ0n) is 21.3. The number of benzene rings is 2. The van der Waals surface area contributed by atoms with Crippen molar-refractivity contribution >= 4 is 17.5 Å². The predicted octanol–water partition coefficient (Wildman–Crippen LogP) is 4.29. The van der Waals surface area contributed by atoms with Crippen LogP contribution in [-0.4, -0.2) is 67.7 Å². The molecule has 2 aromatic carbocycles. The summed E-state index contributed by atoms with van der Waals surface area (Å²) in [5.41, 5.74) is 9.38. The first-order valence-corrected chi connectivity index (χ1v) is 12.2. The van der Waals surface area contributed by atoms with E-state index in [4.69, 9.17) is 25.1 Å². The average molecular weight is 507 g/mol. The second kappa shape index (κ2) is 13.5. The van der Waals surface area contributed by atoms with Crippen LogP contribution in [0.3, 0.4) is 0 Å². The topological polar surface area (TPSA) is 132 Å². The Morgan fingerprint density at radius 2 is 2.05 bits per heavy atom. The zero-order chi connectivity index (χ0) is 26.7. The van der Waals surface area contributed by atoms with Gasteiger partial charge in [-0.15, -0.1) is 6.58 Å². The van der Waals surface area contributed by atoms with E-state index in [-0.39, 0.29) is 18.9 Å². The van der Waals surface area contributed by atoms with Gasteiger partial charge in [0.05, 0.1) is 6.61 Å². The summed E-state index contributed by atoms with van der Waals surface area (Å²) in [4.78, 5) is 23.6. The first-order chi connectivity index (χ1) is 17.9. The Morgan fingerprint density at radius 1 is 1.30 bits per heavy atom. The van der Waals surface area contributed by atoms with Gasteiger partial charge in [0.2, 0.25) is 5.90 Å². The van der Waals surface area contributed by atoms with Gasteiger partial charge in [0.25, 0.3) is 5.91 Å². The van der Waals surface area contributed by atoms with Crippen molar-refractivity contribution in [1.29, 1.82) is 0 Å². The van der Waals surface area contributed by atoms with Crippen LogP contribution in [0.5, 0.6) is 5.75 Å². The average Bonchev–Trinajstić information content (AvgIpc) is 3.28. The van der Waals surface area contributed by atoms with Crippen LogP contribution in [0.25, 0.3) is 10.4 Å². The molecule has 0 aliphatic carbocycles. The number of aliphatic hydroxyl groups excluding tert-OH is 1. The van der Waals surface area contributed by atoms with Gasteiger partial charge in [-0.1, -0.05) is 35.5 Å². The second-order valence-corrected chi connectivity index (χ2v) is 8.94. The number of aliphatic hydroxyl groups is 1. The highest BCUT2D eigenvalue weighted by molar-refractivity contribution is 6.01. The minimum atomic E-state index is -1.34. The number of hydrogen-bond acceptors (Lipinski definition) is 7. The number of ether oxygens (including phenoxy) is 2. The third kappa shape index (κ3) is 6.89. The van der Waals surface area contributed by atoms with Crippen LogP contribution in [0.15, 0.2) is 71.3 Å². The van der Waals surface area contributed by atoms with Gasteiger partial charge in [0.1, 0.15) is 5.75 Å². The van der Waals surface area contributed by atoms with E-state index in [1.807, 2.05) is 26.2 Å². The van der Waals surface area contributed by atoms with Crippen molar-refractivity contribution < 1.29 is 19.4 Å². The molecular formula is C27H34N6O4. The molecule has 2 atom stereocenters. The summed E-state index contributed by atoms with van der Waals surface area (Å²) >= 11 is 0. The number of nitrogens with one attached hydrogen (secondary N) is 1. The van der Waals surface area contributed by atoms with E-state index in [0.29, 0.717) is 48.0 Å². The fraction of sp³-hybridized carbons (Fsp3) is 0.407. The standard InChI is InChI=1S/C27H34N6O4/c1-4-15-27(26(35)29-16-7-17-33(2)3)24(22-9-5-6-10-23(22)31-32-28)37-25(30-27)20-11-13-21(14-12-20)36-19-8-18-34/h4-6,9-14,24,34H,1,7-8,15-19H2,2-3H3,(H,29,35)/t24-,27-/m1/s1. The smallest absolute Gasteiger partial charge is 0.252 e. The van der Waals surface area contributed by atoms with Crippen molar-refractivity contribution in [2.24, 2.45) is 10.1 Å². The van der Waals surface area contributed by atoms with E-state index < -0.39 is 11.6 Å². The molecule has 37 heavy (non-hydrogen) atoms. The molecule has 0 saturated heterocycles. The Kier molecular flexibility index (Phi) is 10.1. The molecule has 0 fully saturated rings. The maximum absolute atomic E-state index is 13.7. The number of nitrogens with zero attached hydrogens (tertiary/aromatic N) is 5. The molecule has 0 unspecified atom stereocenters. The van der Waals surface area contributed by atoms with Crippen molar-refractivity contribution in [2.75, 3.05) is 40.4 Å². The largest absolute Gasteiger partial charge is 0.494 e. The number of hydrogen-bond donors (Lipinski definition) is 2. The number of aliphatic imine (C=N–C) groups is 1. The Hall–Kier alpha value is -3.85. The maximum atomic E-state index is 13.7. The SMILES string of the molecule is C=CC[C@@]1(C(=O)NCCCN(C)C)N=C(c2ccc(OCCCO)cc2)O[C@@H]1c1ccccc1N=[N+]=[N-]. The number of carbonyl (C=O) groups excluding carboxylic acids is 1. The van der Waals surface area contributed by atoms with Crippen LogP contribution in [-0.2, 0) is 9.53 Å². The molecule has 1 aliphatic rings. The number of rotatable bonds is 14. The first kappa shape index (κ1) is 27.7. The van der Waals surface area contributed by atoms with E-state index in [1.54, 1.807) is 42.5 Å². The number of carbonyl (C=O) groups is 1. The minimum Gasteiger partial charge on any atom is -0.494 e. The maximum Gasteiger partial charge on any atom is 0.252 e. The van der Waals surface area contributed by atoms with Gasteiger partial charge in [-0.3, -0.25) is 4.79 Å². The molecular weight excluding hydrogens is 472 g/mol. The van der Waals surface area contributed by atoms with Crippen LogP contribution >= 0.6 is 0 Å². The molecule has 3 rings (SSSR count). The Balaban J connectivity index is 1.99. The zero-order valence-corrected chi connectivity index (χ0v) is 21.3. The van der Waals surface area contributed by atoms with Crippen LogP contribution < -0.4 is 10.1 Å². The summed E-state index contributed by atoms with van der Waals surface area (Å²) in [6.07, 6.45) is 2.34. The Bertz CT molecular complexity index is 1140. The molecule has 0 saturated carbocycles. The molecule has 10 nitrogen and oxygen atoms in total. The summed E-state index contributed by atoms with van der Waals surface area (Å²) in [5.74, 6) is 0.663. The van der Waals surface area contributed by atoms with Gasteiger partial charge >= 0.3 is 0 Å². The first-order valence-electron chi connectivity index (χ1n) is 12.2. The van der Waals surface area contributed by atoms with Gasteiger partial charge in [-0.05, 0) is 56.9 Å². The molecule has 1 amide bonds. The third-order valence-corrected chi connectivity index (χ3v) is 5.92. The predicted molar refractivity (Wildman–Crippen MR) is 143 cm³/mol. The van der Waals surface area contributed by atoms with Crippen molar-refractivity contribution in [3.8, 4) is 5.75 Å². The fourth-order valence-electron chi connectivity index (χ4n) is 4.11. The van der Waals surface area contributed by atoms with Gasteiger partial charge in [0.15, 0.2) is 11.6 Å². The van der Waals surface area contributed by atoms with Gasteiger partial charge in [-0.25, -0.2) is 4.99 Å². The van der Waals surface area contributed by atoms with E-state index >= 15 is 0 Å². The lowest BCUT2D eigenvalue weighted by atomic mass is 9.84. The van der Waals surface area contributed by atoms with E-state index in [1.165, 1.54) is 0 Å². The fourth-order valence-corrected chi connectivity index (χ4v) is 4.11. The summed E-state index contributed by atoms with van der Waals surface area (Å²) < 4.78 is 12.0.